The zero-order chi connectivity index (χ0) is 21.0. The first-order chi connectivity index (χ1) is 15.3. The molecule has 1 amide bonds. The van der Waals surface area contributed by atoms with Gasteiger partial charge in [0.1, 0.15) is 0 Å². The van der Waals surface area contributed by atoms with E-state index in [2.05, 4.69) is 32.5 Å². The third-order valence-corrected chi connectivity index (χ3v) is 6.31. The second-order valence-electron chi connectivity index (χ2n) is 7.52. The van der Waals surface area contributed by atoms with Crippen LogP contribution < -0.4 is 0 Å². The molecule has 1 fully saturated rings. The van der Waals surface area contributed by atoms with E-state index in [1.54, 1.807) is 16.0 Å². The highest BCUT2D eigenvalue weighted by Crippen LogP contribution is 2.22. The summed E-state index contributed by atoms with van der Waals surface area (Å²) in [7, 11) is 0. The molecule has 0 N–H and O–H groups in total. The van der Waals surface area contributed by atoms with Crippen molar-refractivity contribution in [2.24, 2.45) is 0 Å². The molecule has 1 aliphatic rings. The van der Waals surface area contributed by atoms with Crippen LogP contribution in [0.15, 0.2) is 78.2 Å². The Kier molecular flexibility index (Phi) is 5.60. The van der Waals surface area contributed by atoms with Gasteiger partial charge in [-0.1, -0.05) is 54.6 Å². The van der Waals surface area contributed by atoms with Crippen LogP contribution in [-0.2, 0) is 6.54 Å². The molecule has 1 aliphatic heterocycles. The minimum absolute atomic E-state index is 0.109. The summed E-state index contributed by atoms with van der Waals surface area (Å²) in [5.41, 5.74) is 1.81. The predicted octanol–water partition coefficient (Wildman–Crippen LogP) is 3.95. The molecule has 0 bridgehead atoms. The lowest BCUT2D eigenvalue weighted by molar-refractivity contribution is 0.0618. The maximum absolute atomic E-state index is 13.2. The molecular formula is C24H23N5OS. The van der Waals surface area contributed by atoms with E-state index < -0.39 is 0 Å². The van der Waals surface area contributed by atoms with Crippen molar-refractivity contribution < 1.29 is 4.79 Å². The molecule has 1 saturated heterocycles. The van der Waals surface area contributed by atoms with E-state index in [0.717, 1.165) is 30.9 Å². The molecule has 3 heterocycles. The summed E-state index contributed by atoms with van der Waals surface area (Å²) in [4.78, 5) is 23.5. The van der Waals surface area contributed by atoms with Gasteiger partial charge in [0.05, 0.1) is 5.69 Å². The molecule has 5 rings (SSSR count). The van der Waals surface area contributed by atoms with Crippen LogP contribution in [0.3, 0.4) is 0 Å². The normalized spacial score (nSPS) is 14.6. The Hall–Kier alpha value is -3.29. The van der Waals surface area contributed by atoms with Crippen molar-refractivity contribution in [3.8, 4) is 17.1 Å². The van der Waals surface area contributed by atoms with Gasteiger partial charge in [0, 0.05) is 43.2 Å². The molecule has 31 heavy (non-hydrogen) atoms. The fraction of sp³-hybridized carbons (Fsp3) is 0.208. The summed E-state index contributed by atoms with van der Waals surface area (Å²) in [6.45, 7) is 4.03. The van der Waals surface area contributed by atoms with Gasteiger partial charge in [0.2, 0.25) is 5.82 Å². The Balaban J connectivity index is 1.36. The molecule has 0 saturated carbocycles. The van der Waals surface area contributed by atoms with Crippen LogP contribution >= 0.6 is 11.3 Å². The average molecular weight is 430 g/mol. The number of nitrogens with zero attached hydrogens (tertiary/aromatic N) is 5. The Morgan fingerprint density at radius 3 is 2.26 bits per heavy atom. The average Bonchev–Trinajstić information content (AvgIpc) is 3.51. The second kappa shape index (κ2) is 8.83. The van der Waals surface area contributed by atoms with Crippen LogP contribution in [0.2, 0.25) is 0 Å². The van der Waals surface area contributed by atoms with E-state index in [9.17, 15) is 4.79 Å². The third-order valence-electron chi connectivity index (χ3n) is 5.45. The van der Waals surface area contributed by atoms with Gasteiger partial charge in [-0.25, -0.2) is 9.67 Å². The predicted molar refractivity (Wildman–Crippen MR) is 122 cm³/mol. The Morgan fingerprint density at radius 2 is 1.58 bits per heavy atom. The lowest BCUT2D eigenvalue weighted by Gasteiger charge is -2.33. The molecule has 6 nitrogen and oxygen atoms in total. The molecule has 0 atom stereocenters. The largest absolute Gasteiger partial charge is 0.333 e. The van der Waals surface area contributed by atoms with Crippen LogP contribution in [0.1, 0.15) is 15.5 Å². The van der Waals surface area contributed by atoms with Gasteiger partial charge in [-0.3, -0.25) is 9.69 Å². The molecule has 0 spiro atoms. The molecular weight excluding hydrogens is 406 g/mol. The van der Waals surface area contributed by atoms with E-state index in [-0.39, 0.29) is 11.7 Å². The van der Waals surface area contributed by atoms with E-state index in [4.69, 9.17) is 0 Å². The van der Waals surface area contributed by atoms with Gasteiger partial charge >= 0.3 is 0 Å². The van der Waals surface area contributed by atoms with Crippen molar-refractivity contribution in [3.63, 3.8) is 0 Å². The Bertz CT molecular complexity index is 1080. The summed E-state index contributed by atoms with van der Waals surface area (Å²) in [5.74, 6) is 0.809. The number of benzene rings is 2. The number of hydrogen-bond acceptors (Lipinski definition) is 5. The van der Waals surface area contributed by atoms with Gasteiger partial charge in [-0.05, 0) is 23.6 Å². The number of hydrogen-bond donors (Lipinski definition) is 0. The molecule has 0 radical (unpaired) electrons. The van der Waals surface area contributed by atoms with Crippen molar-refractivity contribution in [2.75, 3.05) is 26.2 Å². The van der Waals surface area contributed by atoms with Crippen molar-refractivity contribution >= 4 is 17.2 Å². The van der Waals surface area contributed by atoms with Crippen LogP contribution in [-0.4, -0.2) is 56.7 Å². The zero-order valence-electron chi connectivity index (χ0n) is 17.1. The van der Waals surface area contributed by atoms with Gasteiger partial charge in [0.25, 0.3) is 5.91 Å². The topological polar surface area (TPSA) is 54.3 Å². The molecule has 2 aromatic heterocycles. The van der Waals surface area contributed by atoms with E-state index >= 15 is 0 Å². The molecule has 0 aliphatic carbocycles. The zero-order valence-corrected chi connectivity index (χ0v) is 17.9. The number of thiophene rings is 1. The number of amides is 1. The lowest BCUT2D eigenvalue weighted by atomic mass is 10.2. The highest BCUT2D eigenvalue weighted by Gasteiger charge is 2.26. The quantitative estimate of drug-likeness (QED) is 0.482. The maximum atomic E-state index is 13.2. The van der Waals surface area contributed by atoms with Crippen LogP contribution in [0.25, 0.3) is 17.1 Å². The van der Waals surface area contributed by atoms with Crippen LogP contribution in [0.5, 0.6) is 0 Å². The summed E-state index contributed by atoms with van der Waals surface area (Å²) >= 11 is 1.78. The third kappa shape index (κ3) is 4.28. The lowest BCUT2D eigenvalue weighted by Crippen LogP contribution is -2.48. The summed E-state index contributed by atoms with van der Waals surface area (Å²) < 4.78 is 1.76. The SMILES string of the molecule is O=C(c1nc(-c2ccccc2)n(-c2ccccc2)n1)N1CCN(Cc2cccs2)CC1. The molecule has 0 unspecified atom stereocenters. The minimum Gasteiger partial charge on any atom is -0.333 e. The fourth-order valence-corrected chi connectivity index (χ4v) is 4.55. The minimum atomic E-state index is -0.109. The Morgan fingerprint density at radius 1 is 0.871 bits per heavy atom. The fourth-order valence-electron chi connectivity index (χ4n) is 3.80. The molecule has 7 heteroatoms. The van der Waals surface area contributed by atoms with Gasteiger partial charge in [-0.15, -0.1) is 16.4 Å². The van der Waals surface area contributed by atoms with E-state index in [1.807, 2.05) is 65.6 Å². The number of carbonyl (C=O) groups is 1. The van der Waals surface area contributed by atoms with Gasteiger partial charge in [0.15, 0.2) is 5.82 Å². The number of para-hydroxylation sites is 1. The summed E-state index contributed by atoms with van der Waals surface area (Å²) in [6, 6.07) is 23.9. The standard InChI is InChI=1S/C24H23N5OS/c30-24(28-15-13-27(14-16-28)18-21-12-7-17-31-21)22-25-23(19-8-3-1-4-9-19)29(26-22)20-10-5-2-6-11-20/h1-12,17H,13-16,18H2. The van der Waals surface area contributed by atoms with Crippen LogP contribution in [0, 0.1) is 0 Å². The second-order valence-corrected chi connectivity index (χ2v) is 8.55. The maximum Gasteiger partial charge on any atom is 0.293 e. The first kappa shape index (κ1) is 19.7. The van der Waals surface area contributed by atoms with Crippen molar-refractivity contribution in [1.82, 2.24) is 24.6 Å². The van der Waals surface area contributed by atoms with Gasteiger partial charge in [-0.2, -0.15) is 0 Å². The monoisotopic (exact) mass is 429 g/mol. The highest BCUT2D eigenvalue weighted by atomic mass is 32.1. The van der Waals surface area contributed by atoms with Crippen LogP contribution in [0.4, 0.5) is 0 Å². The summed E-state index contributed by atoms with van der Waals surface area (Å²) in [6.07, 6.45) is 0. The number of piperazine rings is 1. The van der Waals surface area contributed by atoms with Crippen molar-refractivity contribution in [2.45, 2.75) is 6.54 Å². The van der Waals surface area contributed by atoms with Crippen molar-refractivity contribution in [1.29, 1.82) is 0 Å². The molecule has 4 aromatic rings. The van der Waals surface area contributed by atoms with E-state index in [1.165, 1.54) is 4.88 Å². The number of rotatable bonds is 5. The Labute approximate surface area is 185 Å². The van der Waals surface area contributed by atoms with Gasteiger partial charge < -0.3 is 4.90 Å². The highest BCUT2D eigenvalue weighted by molar-refractivity contribution is 7.09. The smallest absolute Gasteiger partial charge is 0.293 e. The summed E-state index contributed by atoms with van der Waals surface area (Å²) in [5, 5.41) is 6.72. The number of carbonyl (C=O) groups excluding carboxylic acids is 1. The first-order valence-corrected chi connectivity index (χ1v) is 11.3. The number of aromatic nitrogens is 3. The van der Waals surface area contributed by atoms with E-state index in [0.29, 0.717) is 18.9 Å². The first-order valence-electron chi connectivity index (χ1n) is 10.4. The van der Waals surface area contributed by atoms with Crippen molar-refractivity contribution in [3.05, 3.63) is 88.9 Å². The molecule has 2 aromatic carbocycles. The molecule has 156 valence electrons.